The van der Waals surface area contributed by atoms with Gasteiger partial charge in [0.05, 0.1) is 6.04 Å². The van der Waals surface area contributed by atoms with Crippen LogP contribution in [-0.4, -0.2) is 48.0 Å². The molecule has 2 atom stereocenters. The summed E-state index contributed by atoms with van der Waals surface area (Å²) in [6.07, 6.45) is 33.0. The Kier molecular flexibility index (Phi) is 33.3. The van der Waals surface area contributed by atoms with Gasteiger partial charge >= 0.3 is 11.9 Å². The van der Waals surface area contributed by atoms with Gasteiger partial charge in [-0.2, -0.15) is 11.8 Å². The van der Waals surface area contributed by atoms with Crippen LogP contribution in [0.25, 0.3) is 0 Å². The minimum Gasteiger partial charge on any atom is -0.462 e. The normalized spacial score (nSPS) is 12.9. The van der Waals surface area contributed by atoms with Gasteiger partial charge in [0, 0.05) is 29.8 Å². The topological polar surface area (TPSA) is 95.7 Å². The first-order chi connectivity index (χ1) is 23.6. The lowest BCUT2D eigenvalue weighted by atomic mass is 9.87. The van der Waals surface area contributed by atoms with E-state index in [0.717, 1.165) is 38.5 Å². The molecule has 1 unspecified atom stereocenters. The highest BCUT2D eigenvalue weighted by atomic mass is 32.2. The van der Waals surface area contributed by atoms with E-state index in [-0.39, 0.29) is 24.3 Å². The second-order valence-corrected chi connectivity index (χ2v) is 16.6. The molecule has 0 saturated carbocycles. The van der Waals surface area contributed by atoms with Gasteiger partial charge in [-0.05, 0) is 12.8 Å². The molecular weight excluding hydrogens is 631 g/mol. The van der Waals surface area contributed by atoms with Gasteiger partial charge in [-0.3, -0.25) is 14.4 Å². The van der Waals surface area contributed by atoms with Crippen LogP contribution in [0.4, 0.5) is 0 Å². The van der Waals surface area contributed by atoms with E-state index in [2.05, 4.69) is 13.8 Å². The van der Waals surface area contributed by atoms with Crippen LogP contribution in [0.5, 0.6) is 0 Å². The molecule has 0 heterocycles. The minimum absolute atomic E-state index is 0.0141. The van der Waals surface area contributed by atoms with E-state index >= 15 is 0 Å². The van der Waals surface area contributed by atoms with Crippen molar-refractivity contribution in [3.8, 4) is 0 Å². The van der Waals surface area contributed by atoms with Gasteiger partial charge in [0.25, 0.3) is 0 Å². The number of nitrogens with two attached hydrogens (primary N) is 1. The Balaban J connectivity index is 4.29. The Labute approximate surface area is 308 Å². The summed E-state index contributed by atoms with van der Waals surface area (Å²) in [6, 6.07) is -0.578. The third-order valence-corrected chi connectivity index (χ3v) is 10.6. The molecule has 0 aliphatic heterocycles. The lowest BCUT2D eigenvalue weighted by Crippen LogP contribution is -2.41. The first kappa shape index (κ1) is 47.9. The number of ether oxygens (including phenoxy) is 2. The Hall–Kier alpha value is -1.08. The summed E-state index contributed by atoms with van der Waals surface area (Å²) in [5.41, 5.74) is 5.65. The molecule has 0 aromatic carbocycles. The highest BCUT2D eigenvalue weighted by Crippen LogP contribution is 2.20. The van der Waals surface area contributed by atoms with E-state index in [1.54, 1.807) is 0 Å². The van der Waals surface area contributed by atoms with Crippen molar-refractivity contribution in [3.05, 3.63) is 0 Å². The average Bonchev–Trinajstić information content (AvgIpc) is 3.06. The fraction of sp³-hybridized carbons (Fsp3) is 0.929. The van der Waals surface area contributed by atoms with Gasteiger partial charge in [-0.25, -0.2) is 0 Å². The van der Waals surface area contributed by atoms with Crippen LogP contribution >= 0.6 is 11.8 Å². The number of carbonyl (C=O) groups excluding carboxylic acids is 3. The van der Waals surface area contributed by atoms with Crippen LogP contribution in [-0.2, 0) is 23.9 Å². The van der Waals surface area contributed by atoms with Crippen LogP contribution in [0, 0.1) is 5.41 Å². The SMILES string of the molecule is CCCCCCCCCCCCCCCC(=O)OCC(CSC[C@H](N)C(=O)C(C)(C)C)OC(=O)CCCCCCCCCCCCCCC. The molecule has 7 heteroatoms. The minimum atomic E-state index is -0.578. The molecule has 0 bridgehead atoms. The van der Waals surface area contributed by atoms with Gasteiger partial charge in [-0.15, -0.1) is 0 Å². The second-order valence-electron chi connectivity index (χ2n) is 15.5. The molecule has 0 aromatic rings. The highest BCUT2D eigenvalue weighted by Gasteiger charge is 2.27. The third kappa shape index (κ3) is 32.6. The van der Waals surface area contributed by atoms with E-state index in [9.17, 15) is 14.4 Å². The molecule has 0 amide bonds. The number of hydrogen-bond donors (Lipinski definition) is 1. The molecule has 0 radical (unpaired) electrons. The third-order valence-electron chi connectivity index (χ3n) is 9.37. The summed E-state index contributed by atoms with van der Waals surface area (Å²) in [5.74, 6) is 0.430. The number of hydrogen-bond acceptors (Lipinski definition) is 7. The zero-order valence-corrected chi connectivity index (χ0v) is 33.9. The number of thioether (sulfide) groups is 1. The Morgan fingerprint density at radius 2 is 0.878 bits per heavy atom. The van der Waals surface area contributed by atoms with Crippen molar-refractivity contribution < 1.29 is 23.9 Å². The summed E-state index contributed by atoms with van der Waals surface area (Å²) < 4.78 is 11.3. The Bertz CT molecular complexity index is 784. The number of esters is 2. The lowest BCUT2D eigenvalue weighted by Gasteiger charge is -2.22. The van der Waals surface area contributed by atoms with Crippen molar-refractivity contribution in [2.75, 3.05) is 18.1 Å². The quantitative estimate of drug-likeness (QED) is 0.0510. The summed E-state index contributed by atoms with van der Waals surface area (Å²) >= 11 is 1.48. The molecule has 6 nitrogen and oxygen atoms in total. The van der Waals surface area contributed by atoms with Crippen molar-refractivity contribution in [2.24, 2.45) is 11.1 Å². The van der Waals surface area contributed by atoms with Crippen molar-refractivity contribution in [2.45, 2.75) is 227 Å². The van der Waals surface area contributed by atoms with E-state index < -0.39 is 17.6 Å². The molecule has 2 N–H and O–H groups in total. The standard InChI is InChI=1S/C42H81NO5S/c1-6-8-10-12-14-16-18-20-22-24-26-28-30-32-39(44)47-34-37(35-49-36-38(43)41(46)42(3,4)5)48-40(45)33-31-29-27-25-23-21-19-17-15-13-11-9-7-2/h37-38H,6-36,43H2,1-5H3/t37?,38-/m0/s1. The van der Waals surface area contributed by atoms with Crippen molar-refractivity contribution >= 4 is 29.5 Å². The van der Waals surface area contributed by atoms with E-state index in [0.29, 0.717) is 24.3 Å². The number of carbonyl (C=O) groups is 3. The predicted octanol–water partition coefficient (Wildman–Crippen LogP) is 12.1. The van der Waals surface area contributed by atoms with Gasteiger partial charge in [0.2, 0.25) is 0 Å². The van der Waals surface area contributed by atoms with Crippen LogP contribution in [0.1, 0.15) is 214 Å². The molecule has 49 heavy (non-hydrogen) atoms. The number of rotatable bonds is 36. The van der Waals surface area contributed by atoms with Gasteiger partial charge in [0.1, 0.15) is 12.7 Å². The van der Waals surface area contributed by atoms with Crippen LogP contribution in [0.3, 0.4) is 0 Å². The first-order valence-corrected chi connectivity index (χ1v) is 22.0. The number of ketones is 1. The molecule has 0 aliphatic rings. The molecule has 0 aromatic heterocycles. The average molecular weight is 712 g/mol. The van der Waals surface area contributed by atoms with Crippen LogP contribution in [0.2, 0.25) is 0 Å². The first-order valence-electron chi connectivity index (χ1n) is 20.8. The lowest BCUT2D eigenvalue weighted by molar-refractivity contribution is -0.157. The van der Waals surface area contributed by atoms with Crippen molar-refractivity contribution in [1.82, 2.24) is 0 Å². The van der Waals surface area contributed by atoms with Gasteiger partial charge in [0.15, 0.2) is 5.78 Å². The molecule has 0 fully saturated rings. The van der Waals surface area contributed by atoms with Crippen molar-refractivity contribution in [1.29, 1.82) is 0 Å². The monoisotopic (exact) mass is 712 g/mol. The highest BCUT2D eigenvalue weighted by molar-refractivity contribution is 7.99. The molecule has 0 saturated heterocycles. The maximum Gasteiger partial charge on any atom is 0.306 e. The van der Waals surface area contributed by atoms with Crippen molar-refractivity contribution in [3.63, 3.8) is 0 Å². The van der Waals surface area contributed by atoms with Gasteiger partial charge in [-0.1, -0.05) is 189 Å². The predicted molar refractivity (Wildman–Crippen MR) is 211 cm³/mol. The fourth-order valence-electron chi connectivity index (χ4n) is 6.15. The second kappa shape index (κ2) is 34.0. The molecule has 290 valence electrons. The van der Waals surface area contributed by atoms with E-state index in [4.69, 9.17) is 15.2 Å². The zero-order chi connectivity index (χ0) is 36.4. The van der Waals surface area contributed by atoms with E-state index in [1.807, 2.05) is 20.8 Å². The number of unbranched alkanes of at least 4 members (excludes halogenated alkanes) is 24. The Morgan fingerprint density at radius 3 is 1.24 bits per heavy atom. The number of Topliss-reactive ketones (excluding diaryl/α,β-unsaturated/α-hetero) is 1. The Morgan fingerprint density at radius 1 is 0.531 bits per heavy atom. The maximum atomic E-state index is 12.7. The summed E-state index contributed by atoms with van der Waals surface area (Å²) in [4.78, 5) is 37.7. The van der Waals surface area contributed by atoms with Crippen LogP contribution < -0.4 is 5.73 Å². The summed E-state index contributed by atoms with van der Waals surface area (Å²) in [7, 11) is 0. The zero-order valence-electron chi connectivity index (χ0n) is 33.1. The molecular formula is C42H81NO5S. The molecule has 0 spiro atoms. The summed E-state index contributed by atoms with van der Waals surface area (Å²) in [5, 5.41) is 0. The summed E-state index contributed by atoms with van der Waals surface area (Å²) in [6.45, 7) is 10.2. The smallest absolute Gasteiger partial charge is 0.306 e. The molecule has 0 rings (SSSR count). The van der Waals surface area contributed by atoms with Crippen LogP contribution in [0.15, 0.2) is 0 Å². The maximum absolute atomic E-state index is 12.7. The molecule has 0 aliphatic carbocycles. The van der Waals surface area contributed by atoms with Gasteiger partial charge < -0.3 is 15.2 Å². The van der Waals surface area contributed by atoms with E-state index in [1.165, 1.54) is 140 Å². The fourth-order valence-corrected chi connectivity index (χ4v) is 7.12. The largest absolute Gasteiger partial charge is 0.462 e.